The molecule has 0 spiro atoms. The van der Waals surface area contributed by atoms with Crippen molar-refractivity contribution in [2.75, 3.05) is 5.32 Å². The summed E-state index contributed by atoms with van der Waals surface area (Å²) in [5.41, 5.74) is 4.17. The molecule has 4 aromatic rings. The van der Waals surface area contributed by atoms with E-state index >= 15 is 0 Å². The zero-order valence-corrected chi connectivity index (χ0v) is 18.6. The second kappa shape index (κ2) is 8.08. The summed E-state index contributed by atoms with van der Waals surface area (Å²) in [6.45, 7) is 7.55. The molecule has 0 aliphatic rings. The van der Waals surface area contributed by atoms with Crippen LogP contribution in [0.15, 0.2) is 65.1 Å². The summed E-state index contributed by atoms with van der Waals surface area (Å²) in [7, 11) is 0. The predicted octanol–water partition coefficient (Wildman–Crippen LogP) is 6.56. The lowest BCUT2D eigenvalue weighted by atomic mass is 10.1. The van der Waals surface area contributed by atoms with Crippen molar-refractivity contribution >= 4 is 34.3 Å². The molecule has 0 atom stereocenters. The molecule has 1 amide bonds. The molecular weight excluding hydrogens is 412 g/mol. The van der Waals surface area contributed by atoms with Crippen LogP contribution in [0, 0.1) is 13.8 Å². The van der Waals surface area contributed by atoms with E-state index in [2.05, 4.69) is 30.2 Å². The maximum atomic E-state index is 12.8. The number of hydrogen-bond donors (Lipinski definition) is 1. The number of nitrogens with zero attached hydrogens (tertiary/aromatic N) is 1. The van der Waals surface area contributed by atoms with Crippen LogP contribution in [0.2, 0.25) is 5.02 Å². The van der Waals surface area contributed by atoms with Gasteiger partial charge in [-0.05, 0) is 93.4 Å². The van der Waals surface area contributed by atoms with E-state index in [0.717, 1.165) is 5.56 Å². The van der Waals surface area contributed by atoms with E-state index in [-0.39, 0.29) is 5.91 Å². The summed E-state index contributed by atoms with van der Waals surface area (Å²) in [5, 5.41) is 3.51. The highest BCUT2D eigenvalue weighted by Crippen LogP contribution is 2.28. The fourth-order valence-corrected chi connectivity index (χ4v) is 3.25. The predicted molar refractivity (Wildman–Crippen MR) is 124 cm³/mol. The molecule has 1 N–H and O–H groups in total. The van der Waals surface area contributed by atoms with Gasteiger partial charge < -0.3 is 14.5 Å². The van der Waals surface area contributed by atoms with Crippen LogP contribution in [-0.4, -0.2) is 16.5 Å². The Balaban J connectivity index is 1.53. The minimum absolute atomic E-state index is 0.278. The third kappa shape index (κ3) is 4.57. The molecule has 6 heteroatoms. The zero-order valence-electron chi connectivity index (χ0n) is 17.8. The zero-order chi connectivity index (χ0) is 22.2. The number of amides is 1. The first-order valence-electron chi connectivity index (χ1n) is 9.95. The molecule has 31 heavy (non-hydrogen) atoms. The molecule has 0 bridgehead atoms. The Kier molecular flexibility index (Phi) is 5.46. The summed E-state index contributed by atoms with van der Waals surface area (Å²) >= 11 is 5.91. The number of halogens is 1. The van der Waals surface area contributed by atoms with E-state index in [1.165, 1.54) is 11.1 Å². The lowest BCUT2D eigenvalue weighted by Gasteiger charge is -2.25. The molecule has 0 radical (unpaired) electrons. The fraction of sp³-hybridized carbons (Fsp3) is 0.200. The van der Waals surface area contributed by atoms with E-state index in [1.807, 2.05) is 12.1 Å². The van der Waals surface area contributed by atoms with Crippen molar-refractivity contribution in [2.24, 2.45) is 0 Å². The molecular formula is C25H23ClN2O3. The van der Waals surface area contributed by atoms with E-state index in [9.17, 15) is 4.79 Å². The van der Waals surface area contributed by atoms with E-state index in [1.54, 1.807) is 56.3 Å². The second-order valence-electron chi connectivity index (χ2n) is 8.02. The maximum Gasteiger partial charge on any atom is 0.267 e. The average molecular weight is 435 g/mol. The first kappa shape index (κ1) is 20.9. The van der Waals surface area contributed by atoms with Gasteiger partial charge in [-0.25, -0.2) is 4.98 Å². The molecule has 0 saturated carbocycles. The first-order valence-corrected chi connectivity index (χ1v) is 10.3. The molecule has 0 unspecified atom stereocenters. The molecule has 4 rings (SSSR count). The summed E-state index contributed by atoms with van der Waals surface area (Å²) < 4.78 is 11.8. The molecule has 5 nitrogen and oxygen atoms in total. The van der Waals surface area contributed by atoms with Gasteiger partial charge in [0.05, 0.1) is 0 Å². The number of aromatic nitrogens is 1. The van der Waals surface area contributed by atoms with E-state index < -0.39 is 5.60 Å². The van der Waals surface area contributed by atoms with Gasteiger partial charge in [0.25, 0.3) is 5.91 Å². The lowest BCUT2D eigenvalue weighted by molar-refractivity contribution is -0.128. The van der Waals surface area contributed by atoms with Crippen molar-refractivity contribution in [3.8, 4) is 17.2 Å². The van der Waals surface area contributed by atoms with Crippen LogP contribution in [-0.2, 0) is 4.79 Å². The van der Waals surface area contributed by atoms with Crippen molar-refractivity contribution in [2.45, 2.75) is 33.3 Å². The molecule has 3 aromatic carbocycles. The molecule has 0 aliphatic carbocycles. The summed E-state index contributed by atoms with van der Waals surface area (Å²) in [6, 6.07) is 18.4. The standard InChI is InChI=1S/C25H23ClN2O3/c1-15-5-6-17(13-16(15)2)23-28-21-14-19(9-12-22(21)30-23)27-24(29)25(3,4)31-20-10-7-18(26)8-11-20/h5-14H,1-4H3,(H,27,29). The maximum absolute atomic E-state index is 12.8. The lowest BCUT2D eigenvalue weighted by Crippen LogP contribution is -2.42. The minimum atomic E-state index is -1.09. The van der Waals surface area contributed by atoms with Gasteiger partial charge >= 0.3 is 0 Å². The molecule has 0 aliphatic heterocycles. The van der Waals surface area contributed by atoms with Gasteiger partial charge in [0, 0.05) is 16.3 Å². The molecule has 158 valence electrons. The second-order valence-corrected chi connectivity index (χ2v) is 8.46. The Morgan fingerprint density at radius 3 is 2.45 bits per heavy atom. The third-order valence-corrected chi connectivity index (χ3v) is 5.38. The Morgan fingerprint density at radius 2 is 1.74 bits per heavy atom. The van der Waals surface area contributed by atoms with Gasteiger partial charge in [-0.2, -0.15) is 0 Å². The van der Waals surface area contributed by atoms with Crippen molar-refractivity contribution < 1.29 is 13.9 Å². The van der Waals surface area contributed by atoms with Gasteiger partial charge in [0.1, 0.15) is 11.3 Å². The Bertz CT molecular complexity index is 1260. The quantitative estimate of drug-likeness (QED) is 0.386. The van der Waals surface area contributed by atoms with Crippen LogP contribution in [0.5, 0.6) is 5.75 Å². The number of benzene rings is 3. The van der Waals surface area contributed by atoms with E-state index in [0.29, 0.717) is 33.4 Å². The normalized spacial score (nSPS) is 11.5. The van der Waals surface area contributed by atoms with Gasteiger partial charge in [-0.3, -0.25) is 4.79 Å². The van der Waals surface area contributed by atoms with Crippen LogP contribution in [0.4, 0.5) is 5.69 Å². The average Bonchev–Trinajstić information content (AvgIpc) is 3.15. The summed E-state index contributed by atoms with van der Waals surface area (Å²) in [6.07, 6.45) is 0. The largest absolute Gasteiger partial charge is 0.478 e. The summed E-state index contributed by atoms with van der Waals surface area (Å²) in [4.78, 5) is 17.4. The van der Waals surface area contributed by atoms with Crippen molar-refractivity contribution in [1.82, 2.24) is 4.98 Å². The summed E-state index contributed by atoms with van der Waals surface area (Å²) in [5.74, 6) is 0.835. The third-order valence-electron chi connectivity index (χ3n) is 5.13. The number of aryl methyl sites for hydroxylation is 2. The number of hydrogen-bond acceptors (Lipinski definition) is 4. The highest BCUT2D eigenvalue weighted by Gasteiger charge is 2.30. The smallest absolute Gasteiger partial charge is 0.267 e. The number of carbonyl (C=O) groups is 1. The van der Waals surface area contributed by atoms with Crippen LogP contribution in [0.25, 0.3) is 22.6 Å². The topological polar surface area (TPSA) is 64.4 Å². The van der Waals surface area contributed by atoms with Gasteiger partial charge in [-0.15, -0.1) is 0 Å². The SMILES string of the molecule is Cc1ccc(-c2nc3cc(NC(=O)C(C)(C)Oc4ccc(Cl)cc4)ccc3o2)cc1C. The number of nitrogens with one attached hydrogen (secondary N) is 1. The number of oxazole rings is 1. The Morgan fingerprint density at radius 1 is 1.00 bits per heavy atom. The van der Waals surface area contributed by atoms with Gasteiger partial charge in [-0.1, -0.05) is 17.7 Å². The van der Waals surface area contributed by atoms with Crippen LogP contribution >= 0.6 is 11.6 Å². The number of rotatable bonds is 5. The van der Waals surface area contributed by atoms with Crippen molar-refractivity contribution in [3.05, 3.63) is 76.8 Å². The fourth-order valence-electron chi connectivity index (χ4n) is 3.13. The van der Waals surface area contributed by atoms with Crippen molar-refractivity contribution in [3.63, 3.8) is 0 Å². The highest BCUT2D eigenvalue weighted by atomic mass is 35.5. The van der Waals surface area contributed by atoms with Gasteiger partial charge in [0.15, 0.2) is 11.2 Å². The van der Waals surface area contributed by atoms with Crippen molar-refractivity contribution in [1.29, 1.82) is 0 Å². The van der Waals surface area contributed by atoms with Crippen LogP contribution in [0.3, 0.4) is 0 Å². The monoisotopic (exact) mass is 434 g/mol. The van der Waals surface area contributed by atoms with E-state index in [4.69, 9.17) is 20.8 Å². The first-order chi connectivity index (χ1) is 14.7. The molecule has 0 saturated heterocycles. The molecule has 0 fully saturated rings. The number of fused-ring (bicyclic) bond motifs is 1. The number of carbonyl (C=O) groups excluding carboxylic acids is 1. The Hall–Kier alpha value is -3.31. The molecule has 1 heterocycles. The number of ether oxygens (including phenoxy) is 1. The Labute approximate surface area is 186 Å². The minimum Gasteiger partial charge on any atom is -0.478 e. The number of anilines is 1. The highest BCUT2D eigenvalue weighted by molar-refractivity contribution is 6.30. The molecule has 1 aromatic heterocycles. The van der Waals surface area contributed by atoms with Crippen LogP contribution < -0.4 is 10.1 Å². The van der Waals surface area contributed by atoms with Gasteiger partial charge in [0.2, 0.25) is 5.89 Å². The van der Waals surface area contributed by atoms with Crippen LogP contribution in [0.1, 0.15) is 25.0 Å².